The molecule has 3 aliphatic rings. The van der Waals surface area contributed by atoms with E-state index in [0.29, 0.717) is 6.61 Å². The van der Waals surface area contributed by atoms with Crippen LogP contribution < -0.4 is 10.4 Å². The molecule has 8 nitrogen and oxygen atoms in total. The van der Waals surface area contributed by atoms with Crippen molar-refractivity contribution >= 4 is 24.7 Å². The first-order valence-electron chi connectivity index (χ1n) is 18.9. The predicted octanol–water partition coefficient (Wildman–Crippen LogP) is 6.77. The Balaban J connectivity index is 1.33. The van der Waals surface area contributed by atoms with Crippen LogP contribution in [-0.4, -0.2) is 75.2 Å². The fourth-order valence-corrected chi connectivity index (χ4v) is 13.7. The summed E-state index contributed by atoms with van der Waals surface area (Å²) in [5, 5.41) is 12.6. The molecule has 8 atom stereocenters. The Bertz CT molecular complexity index is 1430. The van der Waals surface area contributed by atoms with Gasteiger partial charge in [0.1, 0.15) is 5.60 Å². The van der Waals surface area contributed by atoms with Gasteiger partial charge in [0, 0.05) is 25.6 Å². The largest absolute Gasteiger partial charge is 0.469 e. The molecular weight excluding hydrogens is 661 g/mol. The van der Waals surface area contributed by atoms with Gasteiger partial charge < -0.3 is 33.2 Å². The van der Waals surface area contributed by atoms with Crippen molar-refractivity contribution in [2.24, 2.45) is 23.7 Å². The highest BCUT2D eigenvalue weighted by atomic mass is 28.4. The van der Waals surface area contributed by atoms with Crippen LogP contribution in [0.5, 0.6) is 0 Å². The first-order chi connectivity index (χ1) is 24.0. The average Bonchev–Trinajstić information content (AvgIpc) is 3.36. The van der Waals surface area contributed by atoms with Gasteiger partial charge in [0.15, 0.2) is 11.6 Å². The van der Waals surface area contributed by atoms with Crippen molar-refractivity contribution in [3.05, 3.63) is 72.8 Å². The molecule has 2 fully saturated rings. The van der Waals surface area contributed by atoms with Crippen LogP contribution in [0, 0.1) is 23.7 Å². The molecule has 2 aromatic rings. The normalized spacial score (nSPS) is 31.0. The Kier molecular flexibility index (Phi) is 12.1. The molecule has 0 bridgehead atoms. The Morgan fingerprint density at radius 3 is 2.00 bits per heavy atom. The number of carbonyl (C=O) groups excluding carboxylic acids is 1. The molecule has 1 N–H and O–H groups in total. The zero-order chi connectivity index (χ0) is 37.2. The van der Waals surface area contributed by atoms with Gasteiger partial charge in [0.25, 0.3) is 8.32 Å². The van der Waals surface area contributed by atoms with Gasteiger partial charge in [-0.15, -0.1) is 0 Å². The second-order valence-corrected chi connectivity index (χ2v) is 21.2. The summed E-state index contributed by atoms with van der Waals surface area (Å²) >= 11 is 0. The highest BCUT2D eigenvalue weighted by molar-refractivity contribution is 6.99. The minimum Gasteiger partial charge on any atom is -0.469 e. The number of aliphatic hydroxyl groups is 1. The second-order valence-electron chi connectivity index (χ2n) is 16.9. The summed E-state index contributed by atoms with van der Waals surface area (Å²) < 4.78 is 38.8. The summed E-state index contributed by atoms with van der Waals surface area (Å²) in [6, 6.07) is 21.5. The molecule has 0 saturated carbocycles. The minimum atomic E-state index is -2.67. The lowest BCUT2D eigenvalue weighted by Gasteiger charge is -2.47. The molecule has 0 amide bonds. The Hall–Kier alpha value is -2.37. The van der Waals surface area contributed by atoms with Gasteiger partial charge in [-0.3, -0.25) is 4.79 Å². The molecule has 5 rings (SSSR count). The maximum atomic E-state index is 13.7. The lowest BCUT2D eigenvalue weighted by Crippen LogP contribution is -2.66. The quantitative estimate of drug-likeness (QED) is 0.146. The molecule has 1 spiro atoms. The van der Waals surface area contributed by atoms with E-state index in [0.717, 1.165) is 25.7 Å². The van der Waals surface area contributed by atoms with Crippen LogP contribution in [0.25, 0.3) is 0 Å². The average molecular weight is 723 g/mol. The monoisotopic (exact) mass is 722 g/mol. The van der Waals surface area contributed by atoms with Crippen molar-refractivity contribution in [1.82, 2.24) is 0 Å². The first kappa shape index (κ1) is 39.8. The van der Waals surface area contributed by atoms with E-state index < -0.39 is 37.5 Å². The van der Waals surface area contributed by atoms with Crippen LogP contribution in [0.1, 0.15) is 88.0 Å². The lowest BCUT2D eigenvalue weighted by atomic mass is 9.63. The summed E-state index contributed by atoms with van der Waals surface area (Å²) in [6.45, 7) is 19.2. The molecule has 1 unspecified atom stereocenters. The van der Waals surface area contributed by atoms with E-state index in [9.17, 15) is 9.90 Å². The number of allylic oxidation sites excluding steroid dienone is 1. The van der Waals surface area contributed by atoms with E-state index >= 15 is 0 Å². The zero-order valence-corrected chi connectivity index (χ0v) is 33.5. The Morgan fingerprint density at radius 2 is 1.47 bits per heavy atom. The van der Waals surface area contributed by atoms with E-state index in [2.05, 4.69) is 94.4 Å². The van der Waals surface area contributed by atoms with Gasteiger partial charge in [0.05, 0.1) is 31.3 Å². The van der Waals surface area contributed by atoms with Crippen molar-refractivity contribution in [2.45, 2.75) is 129 Å². The molecule has 2 aliphatic heterocycles. The third-order valence-corrected chi connectivity index (χ3v) is 16.3. The number of hydrogen-bond acceptors (Lipinski definition) is 8. The molecular formula is C42H62O8Si. The van der Waals surface area contributed by atoms with E-state index in [1.165, 1.54) is 17.5 Å². The van der Waals surface area contributed by atoms with Crippen LogP contribution in [0.15, 0.2) is 72.8 Å². The number of hydrogen-bond donors (Lipinski definition) is 1. The van der Waals surface area contributed by atoms with E-state index in [1.807, 2.05) is 40.7 Å². The summed E-state index contributed by atoms with van der Waals surface area (Å²) in [5.41, 5.74) is -1.05. The van der Waals surface area contributed by atoms with Crippen molar-refractivity contribution in [3.8, 4) is 0 Å². The molecule has 9 heteroatoms. The number of ether oxygens (including phenoxy) is 5. The lowest BCUT2D eigenvalue weighted by molar-refractivity contribution is -0.302. The third kappa shape index (κ3) is 8.25. The van der Waals surface area contributed by atoms with Gasteiger partial charge >= 0.3 is 5.97 Å². The summed E-state index contributed by atoms with van der Waals surface area (Å²) in [7, 11) is -1.24. The van der Waals surface area contributed by atoms with Crippen LogP contribution in [-0.2, 0) is 32.9 Å². The fourth-order valence-electron chi connectivity index (χ4n) is 9.09. The molecule has 2 aromatic carbocycles. The molecule has 282 valence electrons. The molecule has 1 aliphatic carbocycles. The van der Waals surface area contributed by atoms with Crippen LogP contribution in [0.2, 0.25) is 5.04 Å². The van der Waals surface area contributed by atoms with E-state index in [1.54, 1.807) is 0 Å². The number of benzene rings is 2. The number of carbonyl (C=O) groups is 1. The maximum Gasteiger partial charge on any atom is 0.312 e. The first-order valence-corrected chi connectivity index (χ1v) is 20.8. The molecule has 2 saturated heterocycles. The van der Waals surface area contributed by atoms with Crippen LogP contribution >= 0.6 is 0 Å². The second kappa shape index (κ2) is 15.5. The van der Waals surface area contributed by atoms with Gasteiger partial charge in [-0.1, -0.05) is 107 Å². The SMILES string of the molecule is COC(=O)[C@@H]1[C@@H](CC[C@@H]2C[C@H](CCO[Si](c3ccccc3)(c3ccccc3)C(C)(C)C)OC(C)(C)O2)[C@@H](C)C=CC12OC(C)(C)O[C@@H]2[C@H](C)CO. The van der Waals surface area contributed by atoms with E-state index in [-0.39, 0.29) is 47.6 Å². The predicted molar refractivity (Wildman–Crippen MR) is 202 cm³/mol. The molecule has 0 radical (unpaired) electrons. The minimum absolute atomic E-state index is 0.0504. The molecule has 51 heavy (non-hydrogen) atoms. The number of methoxy groups -OCH3 is 1. The smallest absolute Gasteiger partial charge is 0.312 e. The summed E-state index contributed by atoms with van der Waals surface area (Å²) in [6.07, 6.45) is 6.46. The van der Waals surface area contributed by atoms with Crippen LogP contribution in [0.3, 0.4) is 0 Å². The van der Waals surface area contributed by atoms with Crippen LogP contribution in [0.4, 0.5) is 0 Å². The summed E-state index contributed by atoms with van der Waals surface area (Å²) in [4.78, 5) is 13.7. The number of esters is 1. The van der Waals surface area contributed by atoms with Crippen molar-refractivity contribution in [1.29, 1.82) is 0 Å². The molecule has 0 aromatic heterocycles. The van der Waals surface area contributed by atoms with E-state index in [4.69, 9.17) is 28.1 Å². The summed E-state index contributed by atoms with van der Waals surface area (Å²) in [5.74, 6) is -2.84. The number of rotatable bonds is 12. The highest BCUT2D eigenvalue weighted by Crippen LogP contribution is 2.53. The van der Waals surface area contributed by atoms with Crippen molar-refractivity contribution < 1.29 is 38.0 Å². The zero-order valence-electron chi connectivity index (χ0n) is 32.5. The highest BCUT2D eigenvalue weighted by Gasteiger charge is 2.63. The number of aliphatic hydroxyl groups excluding tert-OH is 1. The molecule has 2 heterocycles. The standard InChI is InChI=1S/C42H62O8Si/c1-29-23-25-42(37(30(2)28-43)49-41(8,9)50-42)36(38(44)45-10)35(29)22-21-31-27-32(48-40(6,7)47-31)24-26-46-51(39(3,4)5,33-17-13-11-14-18-33)34-19-15-12-16-20-34/h11-20,23,25,29-32,35-37,43H,21-22,24,26-28H2,1-10H3/t29-,30+,31+,32-,35-,36-,37+,42?/m0/s1. The van der Waals surface area contributed by atoms with Gasteiger partial charge in [-0.05, 0) is 74.2 Å². The maximum absolute atomic E-state index is 13.7. The van der Waals surface area contributed by atoms with Crippen molar-refractivity contribution in [3.63, 3.8) is 0 Å². The van der Waals surface area contributed by atoms with Crippen molar-refractivity contribution in [2.75, 3.05) is 20.3 Å². The van der Waals surface area contributed by atoms with Gasteiger partial charge in [0.2, 0.25) is 0 Å². The topological polar surface area (TPSA) is 92.7 Å². The Morgan fingerprint density at radius 1 is 0.902 bits per heavy atom. The van der Waals surface area contributed by atoms with Gasteiger partial charge in [-0.2, -0.15) is 0 Å². The Labute approximate surface area is 307 Å². The van der Waals surface area contributed by atoms with Gasteiger partial charge in [-0.25, -0.2) is 0 Å². The third-order valence-electron chi connectivity index (χ3n) is 11.2. The fraction of sp³-hybridized carbons (Fsp3) is 0.643.